The number of rotatable bonds is 5. The normalized spacial score (nSPS) is 22.9. The van der Waals surface area contributed by atoms with Gasteiger partial charge in [-0.05, 0) is 36.0 Å². The molecule has 1 aromatic heterocycles. The van der Waals surface area contributed by atoms with E-state index in [1.54, 1.807) is 12.1 Å². The predicted octanol–water partition coefficient (Wildman–Crippen LogP) is 4.85. The van der Waals surface area contributed by atoms with Crippen LogP contribution in [-0.4, -0.2) is 34.7 Å². The van der Waals surface area contributed by atoms with Crippen LogP contribution in [0.4, 0.5) is 5.69 Å². The van der Waals surface area contributed by atoms with Gasteiger partial charge in [-0.25, -0.2) is 9.28 Å². The van der Waals surface area contributed by atoms with Crippen molar-refractivity contribution in [3.63, 3.8) is 0 Å². The van der Waals surface area contributed by atoms with E-state index in [4.69, 9.17) is 23.2 Å². The Hall–Kier alpha value is -2.10. The quantitative estimate of drug-likeness (QED) is 0.301. The third-order valence-electron chi connectivity index (χ3n) is 5.59. The second-order valence-electron chi connectivity index (χ2n) is 7.45. The number of aliphatic carboxylic acids is 2. The highest BCUT2D eigenvalue weighted by Crippen LogP contribution is 2.60. The van der Waals surface area contributed by atoms with Crippen molar-refractivity contribution >= 4 is 80.2 Å². The molecule has 2 N–H and O–H groups in total. The van der Waals surface area contributed by atoms with Crippen LogP contribution in [0.25, 0.3) is 16.3 Å². The van der Waals surface area contributed by atoms with Crippen LogP contribution >= 0.6 is 46.3 Å². The number of aryl methyl sites for hydroxylation is 1. The average Bonchev–Trinajstić information content (AvgIpc) is 3.29. The SMILES string of the molecule is O=C(O)CC[n+]1c(C=C2Sc3ccc(Cl)cc3[N+]23CC3C(=O)O)sc2ccc(Cl)cc21. The number of aromatic nitrogens is 1. The zero-order chi connectivity index (χ0) is 21.9. The molecule has 1 fully saturated rings. The van der Waals surface area contributed by atoms with Crippen molar-refractivity contribution in [2.24, 2.45) is 0 Å². The summed E-state index contributed by atoms with van der Waals surface area (Å²) in [7, 11) is 0. The summed E-state index contributed by atoms with van der Waals surface area (Å²) in [6, 6.07) is 10.6. The topological polar surface area (TPSA) is 78.5 Å². The van der Waals surface area contributed by atoms with Crippen LogP contribution in [0.15, 0.2) is 46.3 Å². The third kappa shape index (κ3) is 3.43. The lowest BCUT2D eigenvalue weighted by Crippen LogP contribution is -2.36. The maximum Gasteiger partial charge on any atom is 0.369 e. The van der Waals surface area contributed by atoms with Crippen LogP contribution in [0.2, 0.25) is 10.0 Å². The van der Waals surface area contributed by atoms with Gasteiger partial charge < -0.3 is 10.2 Å². The Morgan fingerprint density at radius 3 is 2.61 bits per heavy atom. The highest BCUT2D eigenvalue weighted by molar-refractivity contribution is 8.03. The largest absolute Gasteiger partial charge is 0.481 e. The molecule has 2 aliphatic heterocycles. The van der Waals surface area contributed by atoms with E-state index in [9.17, 15) is 19.8 Å². The summed E-state index contributed by atoms with van der Waals surface area (Å²) in [5.41, 5.74) is 1.76. The van der Waals surface area contributed by atoms with E-state index in [0.29, 0.717) is 23.1 Å². The molecule has 3 heterocycles. The van der Waals surface area contributed by atoms with Gasteiger partial charge in [0.25, 0.3) is 5.01 Å². The second-order valence-corrected chi connectivity index (χ2v) is 10.4. The van der Waals surface area contributed by atoms with E-state index < -0.39 is 18.0 Å². The van der Waals surface area contributed by atoms with Crippen molar-refractivity contribution in [2.75, 3.05) is 6.54 Å². The van der Waals surface area contributed by atoms with Gasteiger partial charge >= 0.3 is 11.9 Å². The molecule has 0 saturated carbocycles. The minimum atomic E-state index is -0.884. The monoisotopic (exact) mass is 494 g/mol. The molecule has 6 nitrogen and oxygen atoms in total. The molecule has 0 amide bonds. The summed E-state index contributed by atoms with van der Waals surface area (Å²) in [4.78, 5) is 24.1. The molecule has 0 bridgehead atoms. The van der Waals surface area contributed by atoms with Gasteiger partial charge in [-0.2, -0.15) is 4.57 Å². The van der Waals surface area contributed by atoms with Gasteiger partial charge in [0, 0.05) is 22.2 Å². The Morgan fingerprint density at radius 1 is 1.16 bits per heavy atom. The molecule has 2 unspecified atom stereocenters. The van der Waals surface area contributed by atoms with Gasteiger partial charge in [-0.3, -0.25) is 4.79 Å². The van der Waals surface area contributed by atoms with Crippen LogP contribution < -0.4 is 9.05 Å². The highest BCUT2D eigenvalue weighted by atomic mass is 35.5. The number of carbonyl (C=O) groups is 2. The Morgan fingerprint density at radius 2 is 1.90 bits per heavy atom. The number of carboxylic acids is 2. The summed E-state index contributed by atoms with van der Waals surface area (Å²) < 4.78 is 3.17. The van der Waals surface area contributed by atoms with Crippen molar-refractivity contribution in [2.45, 2.75) is 23.9 Å². The maximum absolute atomic E-state index is 11.9. The highest BCUT2D eigenvalue weighted by Gasteiger charge is 2.68. The fraction of sp³-hybridized carbons (Fsp3) is 0.190. The zero-order valence-corrected chi connectivity index (χ0v) is 19.1. The molecule has 1 saturated heterocycles. The summed E-state index contributed by atoms with van der Waals surface area (Å²) in [5.74, 6) is -1.73. The molecule has 0 aliphatic carbocycles. The molecule has 1 spiro atoms. The molecular weight excluding hydrogens is 479 g/mol. The summed E-state index contributed by atoms with van der Waals surface area (Å²) in [6.45, 7) is 0.758. The Bertz CT molecular complexity index is 1310. The number of benzene rings is 2. The van der Waals surface area contributed by atoms with E-state index in [-0.39, 0.29) is 10.9 Å². The number of thiazole rings is 1. The standard InChI is InChI=1S/C21H14Cl2N2O4S2/c22-11-1-3-16-13(7-11)24(6-5-20(26)27)18(30-16)9-19-25(10-15(25)21(28)29)14-8-12(23)2-4-17(14)31-19/h1-4,7-9,15H,5-6,10H2/p+2. The van der Waals surface area contributed by atoms with Gasteiger partial charge in [-0.1, -0.05) is 34.5 Å². The first-order valence-electron chi connectivity index (χ1n) is 9.44. The summed E-state index contributed by atoms with van der Waals surface area (Å²) in [6.07, 6.45) is 1.96. The lowest BCUT2D eigenvalue weighted by molar-refractivity contribution is -0.667. The predicted molar refractivity (Wildman–Crippen MR) is 123 cm³/mol. The molecule has 5 rings (SSSR count). The Kier molecular flexibility index (Phi) is 5.02. The van der Waals surface area contributed by atoms with Crippen molar-refractivity contribution < 1.29 is 24.4 Å². The van der Waals surface area contributed by atoms with E-state index >= 15 is 0 Å². The number of thioether (sulfide) groups is 1. The first kappa shape index (κ1) is 20.8. The minimum Gasteiger partial charge on any atom is -0.481 e. The summed E-state index contributed by atoms with van der Waals surface area (Å²) >= 11 is 15.5. The maximum atomic E-state index is 11.9. The molecule has 2 aromatic carbocycles. The van der Waals surface area contributed by atoms with Crippen molar-refractivity contribution in [3.05, 3.63) is 56.5 Å². The Labute approximate surface area is 195 Å². The van der Waals surface area contributed by atoms with Gasteiger partial charge in [0.1, 0.15) is 11.1 Å². The fourth-order valence-corrected chi connectivity index (χ4v) is 6.91. The minimum absolute atomic E-state index is 0.0279. The van der Waals surface area contributed by atoms with Crippen LogP contribution in [0.1, 0.15) is 11.4 Å². The van der Waals surface area contributed by atoms with E-state index in [2.05, 4.69) is 0 Å². The lowest BCUT2D eigenvalue weighted by Gasteiger charge is -2.13. The van der Waals surface area contributed by atoms with E-state index in [1.165, 1.54) is 23.1 Å². The van der Waals surface area contributed by atoms with Crippen molar-refractivity contribution in [3.8, 4) is 0 Å². The lowest BCUT2D eigenvalue weighted by atomic mass is 10.3. The van der Waals surface area contributed by atoms with Crippen LogP contribution in [0.5, 0.6) is 0 Å². The number of fused-ring (bicyclic) bond motifs is 3. The number of hydrogen-bond acceptors (Lipinski definition) is 4. The molecule has 31 heavy (non-hydrogen) atoms. The third-order valence-corrected chi connectivity index (χ3v) is 8.39. The Balaban J connectivity index is 1.66. The molecule has 0 radical (unpaired) electrons. The number of nitrogens with zero attached hydrogens (tertiary/aromatic N) is 2. The fourth-order valence-electron chi connectivity index (χ4n) is 4.07. The van der Waals surface area contributed by atoms with E-state index in [0.717, 1.165) is 30.8 Å². The first-order chi connectivity index (χ1) is 14.8. The van der Waals surface area contributed by atoms with Gasteiger partial charge in [0.2, 0.25) is 11.6 Å². The molecule has 3 aromatic rings. The molecule has 2 aliphatic rings. The molecule has 2 atom stereocenters. The van der Waals surface area contributed by atoms with Gasteiger partial charge in [0.15, 0.2) is 23.8 Å². The molecule has 158 valence electrons. The van der Waals surface area contributed by atoms with Crippen LogP contribution in [0.3, 0.4) is 0 Å². The van der Waals surface area contributed by atoms with Crippen molar-refractivity contribution in [1.29, 1.82) is 0 Å². The number of quaternary nitrogens is 1. The van der Waals surface area contributed by atoms with Gasteiger partial charge in [-0.15, -0.1) is 0 Å². The van der Waals surface area contributed by atoms with Crippen LogP contribution in [0, 0.1) is 0 Å². The first-order valence-corrected chi connectivity index (χ1v) is 11.8. The zero-order valence-electron chi connectivity index (χ0n) is 15.9. The summed E-state index contributed by atoms with van der Waals surface area (Å²) in [5, 5.41) is 21.8. The number of halogens is 2. The number of carboxylic acid groups (broad SMARTS) is 2. The second kappa shape index (κ2) is 7.50. The molecular formula is C21H16Cl2N2O4S2+2. The average molecular weight is 495 g/mol. The van der Waals surface area contributed by atoms with Crippen molar-refractivity contribution in [1.82, 2.24) is 4.48 Å². The van der Waals surface area contributed by atoms with Crippen LogP contribution in [-0.2, 0) is 16.1 Å². The number of hydrogen-bond donors (Lipinski definition) is 2. The molecule has 10 heteroatoms. The smallest absolute Gasteiger partial charge is 0.369 e. The van der Waals surface area contributed by atoms with Gasteiger partial charge in [0.05, 0.1) is 11.0 Å². The van der Waals surface area contributed by atoms with E-state index in [1.807, 2.05) is 34.9 Å².